The van der Waals surface area contributed by atoms with E-state index in [2.05, 4.69) is 29.4 Å². The number of aromatic nitrogens is 3. The lowest BCUT2D eigenvalue weighted by atomic mass is 10.1. The van der Waals surface area contributed by atoms with E-state index >= 15 is 0 Å². The lowest BCUT2D eigenvalue weighted by Gasteiger charge is -2.05. The van der Waals surface area contributed by atoms with Crippen LogP contribution in [0.25, 0.3) is 16.9 Å². The van der Waals surface area contributed by atoms with Crippen molar-refractivity contribution in [1.82, 2.24) is 15.0 Å². The van der Waals surface area contributed by atoms with Gasteiger partial charge < -0.3 is 10.5 Å². The summed E-state index contributed by atoms with van der Waals surface area (Å²) in [5.41, 5.74) is 9.93. The summed E-state index contributed by atoms with van der Waals surface area (Å²) in [7, 11) is 1.63. The fourth-order valence-corrected chi connectivity index (χ4v) is 2.33. The van der Waals surface area contributed by atoms with Crippen molar-refractivity contribution in [2.24, 2.45) is 0 Å². The van der Waals surface area contributed by atoms with Crippen molar-refractivity contribution in [2.45, 2.75) is 13.3 Å². The molecule has 0 saturated carbocycles. The molecule has 0 aliphatic carbocycles. The molecule has 112 valence electrons. The predicted octanol–water partition coefficient (Wildman–Crippen LogP) is 3.09. The molecule has 5 heteroatoms. The SMILES string of the molecule is CCc1ccc(-n2nnc(-c3cccc(OC)c3)c2N)cc1. The summed E-state index contributed by atoms with van der Waals surface area (Å²) in [6.07, 6.45) is 1.00. The first-order chi connectivity index (χ1) is 10.7. The van der Waals surface area contributed by atoms with Gasteiger partial charge >= 0.3 is 0 Å². The molecule has 0 aliphatic heterocycles. The van der Waals surface area contributed by atoms with Gasteiger partial charge in [-0.15, -0.1) is 5.10 Å². The van der Waals surface area contributed by atoms with Crippen LogP contribution in [0.15, 0.2) is 48.5 Å². The molecule has 22 heavy (non-hydrogen) atoms. The van der Waals surface area contributed by atoms with Crippen LogP contribution >= 0.6 is 0 Å². The van der Waals surface area contributed by atoms with Gasteiger partial charge in [0.25, 0.3) is 0 Å². The van der Waals surface area contributed by atoms with Crippen LogP contribution in [0, 0.1) is 0 Å². The highest BCUT2D eigenvalue weighted by Crippen LogP contribution is 2.27. The number of nitrogens with zero attached hydrogens (tertiary/aromatic N) is 3. The number of anilines is 1. The van der Waals surface area contributed by atoms with E-state index in [9.17, 15) is 0 Å². The number of hydrogen-bond acceptors (Lipinski definition) is 4. The lowest BCUT2D eigenvalue weighted by Crippen LogP contribution is -2.02. The van der Waals surface area contributed by atoms with Crippen molar-refractivity contribution in [3.05, 3.63) is 54.1 Å². The van der Waals surface area contributed by atoms with E-state index in [1.54, 1.807) is 11.8 Å². The zero-order valence-corrected chi connectivity index (χ0v) is 12.7. The van der Waals surface area contributed by atoms with Crippen LogP contribution in [0.2, 0.25) is 0 Å². The van der Waals surface area contributed by atoms with Gasteiger partial charge in [0.05, 0.1) is 12.8 Å². The van der Waals surface area contributed by atoms with E-state index in [1.165, 1.54) is 5.56 Å². The summed E-state index contributed by atoms with van der Waals surface area (Å²) in [6.45, 7) is 2.12. The second-order valence-electron chi connectivity index (χ2n) is 4.99. The van der Waals surface area contributed by atoms with Crippen LogP contribution in [-0.2, 0) is 6.42 Å². The van der Waals surface area contributed by atoms with Gasteiger partial charge in [-0.3, -0.25) is 0 Å². The molecule has 0 saturated heterocycles. The molecule has 2 N–H and O–H groups in total. The summed E-state index contributed by atoms with van der Waals surface area (Å²) in [5.74, 6) is 1.27. The number of benzene rings is 2. The highest BCUT2D eigenvalue weighted by atomic mass is 16.5. The van der Waals surface area contributed by atoms with Crippen molar-refractivity contribution < 1.29 is 4.74 Å². The van der Waals surface area contributed by atoms with Crippen LogP contribution < -0.4 is 10.5 Å². The molecule has 1 aromatic heterocycles. The lowest BCUT2D eigenvalue weighted by molar-refractivity contribution is 0.415. The quantitative estimate of drug-likeness (QED) is 0.803. The van der Waals surface area contributed by atoms with Gasteiger partial charge in [-0.2, -0.15) is 4.68 Å². The Kier molecular flexibility index (Phi) is 3.78. The smallest absolute Gasteiger partial charge is 0.155 e. The van der Waals surface area contributed by atoms with Crippen LogP contribution in [0.3, 0.4) is 0 Å². The number of hydrogen-bond donors (Lipinski definition) is 1. The third-order valence-corrected chi connectivity index (χ3v) is 3.64. The van der Waals surface area contributed by atoms with Gasteiger partial charge in [0.2, 0.25) is 0 Å². The second kappa shape index (κ2) is 5.89. The largest absolute Gasteiger partial charge is 0.497 e. The topological polar surface area (TPSA) is 66.0 Å². The van der Waals surface area contributed by atoms with Gasteiger partial charge in [0.15, 0.2) is 5.82 Å². The molecule has 3 aromatic rings. The fraction of sp³-hybridized carbons (Fsp3) is 0.176. The molecule has 5 nitrogen and oxygen atoms in total. The molecule has 1 heterocycles. The number of nitrogen functional groups attached to an aromatic ring is 1. The molecular weight excluding hydrogens is 276 g/mol. The van der Waals surface area contributed by atoms with Crippen LogP contribution in [0.4, 0.5) is 5.82 Å². The molecular formula is C17H18N4O. The monoisotopic (exact) mass is 294 g/mol. The van der Waals surface area contributed by atoms with E-state index in [0.717, 1.165) is 23.4 Å². The first kappa shape index (κ1) is 14.1. The maximum Gasteiger partial charge on any atom is 0.155 e. The molecule has 0 unspecified atom stereocenters. The summed E-state index contributed by atoms with van der Waals surface area (Å²) >= 11 is 0. The zero-order chi connectivity index (χ0) is 15.5. The number of ether oxygens (including phenoxy) is 1. The Morgan fingerprint density at radius 2 is 1.91 bits per heavy atom. The van der Waals surface area contributed by atoms with Crippen molar-refractivity contribution in [3.8, 4) is 22.7 Å². The molecule has 0 radical (unpaired) electrons. The van der Waals surface area contributed by atoms with Gasteiger partial charge in [0, 0.05) is 5.56 Å². The highest BCUT2D eigenvalue weighted by Gasteiger charge is 2.13. The molecule has 0 fully saturated rings. The maximum atomic E-state index is 6.23. The summed E-state index contributed by atoms with van der Waals surface area (Å²) in [6, 6.07) is 15.8. The minimum Gasteiger partial charge on any atom is -0.497 e. The van der Waals surface area contributed by atoms with Gasteiger partial charge in [-0.05, 0) is 36.2 Å². The van der Waals surface area contributed by atoms with Gasteiger partial charge in [0.1, 0.15) is 11.4 Å². The maximum absolute atomic E-state index is 6.23. The Morgan fingerprint density at radius 3 is 2.59 bits per heavy atom. The molecule has 0 amide bonds. The summed E-state index contributed by atoms with van der Waals surface area (Å²) in [4.78, 5) is 0. The summed E-state index contributed by atoms with van der Waals surface area (Å²) in [5, 5.41) is 8.39. The van der Waals surface area contributed by atoms with E-state index < -0.39 is 0 Å². The Bertz CT molecular complexity index is 778. The standard InChI is InChI=1S/C17H18N4O/c1-3-12-7-9-14(10-8-12)21-17(18)16(19-20-21)13-5-4-6-15(11-13)22-2/h4-11H,3,18H2,1-2H3. The molecule has 0 bridgehead atoms. The average molecular weight is 294 g/mol. The Morgan fingerprint density at radius 1 is 1.14 bits per heavy atom. The third-order valence-electron chi connectivity index (χ3n) is 3.64. The molecule has 0 spiro atoms. The fourth-order valence-electron chi connectivity index (χ4n) is 2.33. The van der Waals surface area contributed by atoms with Crippen LogP contribution in [0.1, 0.15) is 12.5 Å². The van der Waals surface area contributed by atoms with E-state index in [4.69, 9.17) is 10.5 Å². The third kappa shape index (κ3) is 2.53. The molecule has 3 rings (SSSR count). The average Bonchev–Trinajstić information content (AvgIpc) is 2.96. The Labute approximate surface area is 129 Å². The molecule has 0 atom stereocenters. The van der Waals surface area contributed by atoms with E-state index in [-0.39, 0.29) is 0 Å². The van der Waals surface area contributed by atoms with Crippen LogP contribution in [0.5, 0.6) is 5.75 Å². The summed E-state index contributed by atoms with van der Waals surface area (Å²) < 4.78 is 6.88. The van der Waals surface area contributed by atoms with E-state index in [0.29, 0.717) is 11.5 Å². The van der Waals surface area contributed by atoms with Gasteiger partial charge in [-0.1, -0.05) is 36.4 Å². The number of aryl methyl sites for hydroxylation is 1. The van der Waals surface area contributed by atoms with Crippen molar-refractivity contribution >= 4 is 5.82 Å². The normalized spacial score (nSPS) is 10.6. The van der Waals surface area contributed by atoms with Crippen molar-refractivity contribution in [2.75, 3.05) is 12.8 Å². The van der Waals surface area contributed by atoms with Gasteiger partial charge in [-0.25, -0.2) is 0 Å². The minimum atomic E-state index is 0.512. The number of nitrogens with two attached hydrogens (primary N) is 1. The predicted molar refractivity (Wildman–Crippen MR) is 87.1 cm³/mol. The number of methoxy groups -OCH3 is 1. The first-order valence-corrected chi connectivity index (χ1v) is 7.18. The van der Waals surface area contributed by atoms with Crippen LogP contribution in [-0.4, -0.2) is 22.1 Å². The Hall–Kier alpha value is -2.82. The minimum absolute atomic E-state index is 0.512. The zero-order valence-electron chi connectivity index (χ0n) is 12.7. The molecule has 0 aliphatic rings. The first-order valence-electron chi connectivity index (χ1n) is 7.18. The Balaban J connectivity index is 2.00. The second-order valence-corrected chi connectivity index (χ2v) is 4.99. The van der Waals surface area contributed by atoms with E-state index in [1.807, 2.05) is 36.4 Å². The molecule has 2 aromatic carbocycles. The number of rotatable bonds is 4. The van der Waals surface area contributed by atoms with Crippen molar-refractivity contribution in [1.29, 1.82) is 0 Å². The highest BCUT2D eigenvalue weighted by molar-refractivity contribution is 5.71. The van der Waals surface area contributed by atoms with Crippen molar-refractivity contribution in [3.63, 3.8) is 0 Å².